The Morgan fingerprint density at radius 3 is 2.75 bits per heavy atom. The molecule has 0 unspecified atom stereocenters. The molecule has 0 radical (unpaired) electrons. The third-order valence-corrected chi connectivity index (χ3v) is 3.54. The lowest BCUT2D eigenvalue weighted by atomic mass is 10.1. The zero-order valence-corrected chi connectivity index (χ0v) is 12.2. The second-order valence-electron chi connectivity index (χ2n) is 4.14. The van der Waals surface area contributed by atoms with Crippen LogP contribution in [-0.2, 0) is 6.42 Å². The van der Waals surface area contributed by atoms with Crippen molar-refractivity contribution in [1.29, 1.82) is 5.26 Å². The number of aromatic nitrogens is 1. The number of carbonyl (C=O) groups is 1. The van der Waals surface area contributed by atoms with Gasteiger partial charge in [0.05, 0.1) is 5.56 Å². The molecule has 0 bridgehead atoms. The highest BCUT2D eigenvalue weighted by Gasteiger charge is 2.07. The van der Waals surface area contributed by atoms with Crippen LogP contribution in [0.1, 0.15) is 21.6 Å². The number of benzene rings is 1. The molecule has 0 fully saturated rings. The Morgan fingerprint density at radius 2 is 2.10 bits per heavy atom. The molecule has 0 aliphatic heterocycles. The Morgan fingerprint density at radius 1 is 1.30 bits per heavy atom. The summed E-state index contributed by atoms with van der Waals surface area (Å²) < 4.78 is 1.03. The van der Waals surface area contributed by atoms with Crippen LogP contribution >= 0.6 is 15.9 Å². The fraction of sp³-hybridized carbons (Fsp3) is 0.133. The van der Waals surface area contributed by atoms with Crippen LogP contribution in [0.2, 0.25) is 0 Å². The molecule has 2 rings (SSSR count). The van der Waals surface area contributed by atoms with Gasteiger partial charge >= 0.3 is 0 Å². The van der Waals surface area contributed by atoms with E-state index < -0.39 is 0 Å². The molecule has 1 aromatic carbocycles. The number of carbonyl (C=O) groups excluding carboxylic acids is 1. The first-order chi connectivity index (χ1) is 9.70. The zero-order chi connectivity index (χ0) is 14.4. The summed E-state index contributed by atoms with van der Waals surface area (Å²) in [5.41, 5.74) is 1.89. The van der Waals surface area contributed by atoms with E-state index >= 15 is 0 Å². The summed E-state index contributed by atoms with van der Waals surface area (Å²) in [6, 6.07) is 13.0. The van der Waals surface area contributed by atoms with Gasteiger partial charge in [-0.1, -0.05) is 34.1 Å². The highest BCUT2D eigenvalue weighted by molar-refractivity contribution is 9.10. The van der Waals surface area contributed by atoms with E-state index in [1.54, 1.807) is 12.1 Å². The monoisotopic (exact) mass is 329 g/mol. The summed E-state index contributed by atoms with van der Waals surface area (Å²) in [7, 11) is 0. The van der Waals surface area contributed by atoms with Gasteiger partial charge in [-0.05, 0) is 30.2 Å². The van der Waals surface area contributed by atoms with Gasteiger partial charge in [0.25, 0.3) is 5.91 Å². The van der Waals surface area contributed by atoms with E-state index in [1.807, 2.05) is 30.3 Å². The number of nitrogens with one attached hydrogen (secondary N) is 1. The average Bonchev–Trinajstić information content (AvgIpc) is 2.49. The maximum atomic E-state index is 11.9. The van der Waals surface area contributed by atoms with Crippen molar-refractivity contribution in [2.45, 2.75) is 6.42 Å². The third kappa shape index (κ3) is 3.65. The minimum Gasteiger partial charge on any atom is -0.350 e. The molecular formula is C15H12BrN3O. The molecule has 1 aromatic heterocycles. The molecule has 20 heavy (non-hydrogen) atoms. The van der Waals surface area contributed by atoms with Gasteiger partial charge in [-0.15, -0.1) is 0 Å². The van der Waals surface area contributed by atoms with Crippen molar-refractivity contribution in [3.8, 4) is 6.07 Å². The minimum atomic E-state index is -0.235. The number of halogens is 1. The van der Waals surface area contributed by atoms with Crippen LogP contribution in [0.3, 0.4) is 0 Å². The van der Waals surface area contributed by atoms with E-state index in [1.165, 1.54) is 6.20 Å². The van der Waals surface area contributed by atoms with Crippen molar-refractivity contribution < 1.29 is 4.79 Å². The summed E-state index contributed by atoms with van der Waals surface area (Å²) in [6.45, 7) is 0.531. The lowest BCUT2D eigenvalue weighted by molar-refractivity contribution is 0.0949. The Hall–Kier alpha value is -2.19. The molecule has 2 aromatic rings. The molecule has 0 aliphatic carbocycles. The molecule has 0 aliphatic rings. The number of nitrogens with zero attached hydrogens (tertiary/aromatic N) is 2. The van der Waals surface area contributed by atoms with Gasteiger partial charge in [-0.3, -0.25) is 4.79 Å². The first kappa shape index (κ1) is 14.2. The van der Waals surface area contributed by atoms with E-state index in [-0.39, 0.29) is 5.91 Å². The summed E-state index contributed by atoms with van der Waals surface area (Å²) >= 11 is 3.47. The predicted octanol–water partition coefficient (Wildman–Crippen LogP) is 2.69. The number of hydrogen-bond donors (Lipinski definition) is 1. The van der Waals surface area contributed by atoms with Crippen molar-refractivity contribution in [3.05, 3.63) is 63.9 Å². The van der Waals surface area contributed by atoms with E-state index in [4.69, 9.17) is 5.26 Å². The number of rotatable bonds is 4. The first-order valence-electron chi connectivity index (χ1n) is 6.08. The maximum absolute atomic E-state index is 11.9. The molecule has 0 saturated heterocycles. The largest absolute Gasteiger partial charge is 0.350 e. The number of pyridine rings is 1. The van der Waals surface area contributed by atoms with E-state index in [2.05, 4.69) is 26.2 Å². The molecule has 4 nitrogen and oxygen atoms in total. The van der Waals surface area contributed by atoms with Crippen molar-refractivity contribution >= 4 is 21.8 Å². The van der Waals surface area contributed by atoms with Gasteiger partial charge in [0.1, 0.15) is 11.8 Å². The second kappa shape index (κ2) is 6.83. The lowest BCUT2D eigenvalue weighted by Crippen LogP contribution is -2.26. The molecule has 0 atom stereocenters. The Labute approximate surface area is 125 Å². The van der Waals surface area contributed by atoms with Gasteiger partial charge in [-0.25, -0.2) is 4.98 Å². The Balaban J connectivity index is 1.89. The van der Waals surface area contributed by atoms with Crippen LogP contribution < -0.4 is 5.32 Å². The Kier molecular flexibility index (Phi) is 4.85. The van der Waals surface area contributed by atoms with Crippen LogP contribution in [0.15, 0.2) is 47.1 Å². The second-order valence-corrected chi connectivity index (χ2v) is 5.00. The molecular weight excluding hydrogens is 318 g/mol. The fourth-order valence-electron chi connectivity index (χ4n) is 1.70. The van der Waals surface area contributed by atoms with E-state index in [0.717, 1.165) is 16.5 Å². The van der Waals surface area contributed by atoms with Crippen molar-refractivity contribution in [3.63, 3.8) is 0 Å². The smallest absolute Gasteiger partial charge is 0.269 e. The molecule has 100 valence electrons. The van der Waals surface area contributed by atoms with E-state index in [0.29, 0.717) is 17.8 Å². The summed E-state index contributed by atoms with van der Waals surface area (Å²) in [4.78, 5) is 15.8. The van der Waals surface area contributed by atoms with Crippen LogP contribution in [0.5, 0.6) is 0 Å². The zero-order valence-electron chi connectivity index (χ0n) is 10.6. The molecule has 1 amide bonds. The van der Waals surface area contributed by atoms with Gasteiger partial charge in [0.2, 0.25) is 0 Å². The van der Waals surface area contributed by atoms with Crippen LogP contribution in [0.4, 0.5) is 0 Å². The normalized spacial score (nSPS) is 9.80. The summed E-state index contributed by atoms with van der Waals surface area (Å²) in [6.07, 6.45) is 2.13. The minimum absolute atomic E-state index is 0.235. The standard InChI is InChI=1S/C15H12BrN3O/c16-13-4-2-1-3-12(13)7-8-18-15(20)14-6-5-11(9-17)10-19-14/h1-6,10H,7-8H2,(H,18,20). The molecule has 5 heteroatoms. The van der Waals surface area contributed by atoms with Gasteiger partial charge in [0, 0.05) is 17.2 Å². The van der Waals surface area contributed by atoms with Crippen LogP contribution in [-0.4, -0.2) is 17.4 Å². The quantitative estimate of drug-likeness (QED) is 0.937. The third-order valence-electron chi connectivity index (χ3n) is 2.76. The van der Waals surface area contributed by atoms with Crippen molar-refractivity contribution in [2.24, 2.45) is 0 Å². The summed E-state index contributed by atoms with van der Waals surface area (Å²) in [5, 5.41) is 11.5. The fourth-order valence-corrected chi connectivity index (χ4v) is 2.18. The SMILES string of the molecule is N#Cc1ccc(C(=O)NCCc2ccccc2Br)nc1. The number of hydrogen-bond acceptors (Lipinski definition) is 3. The van der Waals surface area contributed by atoms with E-state index in [9.17, 15) is 4.79 Å². The van der Waals surface area contributed by atoms with Crippen molar-refractivity contribution in [1.82, 2.24) is 10.3 Å². The van der Waals surface area contributed by atoms with Crippen LogP contribution in [0.25, 0.3) is 0 Å². The predicted molar refractivity (Wildman–Crippen MR) is 79.1 cm³/mol. The molecule has 1 N–H and O–H groups in total. The number of nitriles is 1. The average molecular weight is 330 g/mol. The van der Waals surface area contributed by atoms with Crippen LogP contribution in [0, 0.1) is 11.3 Å². The van der Waals surface area contributed by atoms with Gasteiger partial charge < -0.3 is 5.32 Å². The molecule has 1 heterocycles. The number of amides is 1. The first-order valence-corrected chi connectivity index (χ1v) is 6.88. The maximum Gasteiger partial charge on any atom is 0.269 e. The highest BCUT2D eigenvalue weighted by atomic mass is 79.9. The summed E-state index contributed by atoms with van der Waals surface area (Å²) in [5.74, 6) is -0.235. The van der Waals surface area contributed by atoms with Gasteiger partial charge in [0.15, 0.2) is 0 Å². The topological polar surface area (TPSA) is 65.8 Å². The van der Waals surface area contributed by atoms with Gasteiger partial charge in [-0.2, -0.15) is 5.26 Å². The Bertz CT molecular complexity index is 647. The van der Waals surface area contributed by atoms with Crippen molar-refractivity contribution in [2.75, 3.05) is 6.54 Å². The molecule has 0 spiro atoms. The molecule has 0 saturated carbocycles. The highest BCUT2D eigenvalue weighted by Crippen LogP contribution is 2.15. The lowest BCUT2D eigenvalue weighted by Gasteiger charge is -2.06.